The Bertz CT molecular complexity index is 615. The van der Waals surface area contributed by atoms with Crippen molar-refractivity contribution in [2.75, 3.05) is 0 Å². The van der Waals surface area contributed by atoms with Crippen LogP contribution in [0.3, 0.4) is 0 Å². The highest BCUT2D eigenvalue weighted by atomic mass is 19.1. The van der Waals surface area contributed by atoms with Gasteiger partial charge in [-0.1, -0.05) is 12.1 Å². The van der Waals surface area contributed by atoms with Gasteiger partial charge in [0.25, 0.3) is 5.91 Å². The zero-order chi connectivity index (χ0) is 13.8. The monoisotopic (exact) mass is 260 g/mol. The zero-order valence-electron chi connectivity index (χ0n) is 10.6. The molecule has 0 aliphatic heterocycles. The number of hydrogen-bond acceptors (Lipinski definition) is 3. The molecule has 0 bridgehead atoms. The van der Waals surface area contributed by atoms with Gasteiger partial charge in [0, 0.05) is 0 Å². The Hall–Kier alpha value is -2.43. The van der Waals surface area contributed by atoms with Gasteiger partial charge in [0.2, 0.25) is 0 Å². The predicted molar refractivity (Wildman–Crippen MR) is 69.6 cm³/mol. The van der Waals surface area contributed by atoms with E-state index < -0.39 is 0 Å². The SMILES string of the molecule is Cc1cc(C(=O)N/N=C/c2ccc(F)cc2)c(C)o1. The molecule has 98 valence electrons. The van der Waals surface area contributed by atoms with Gasteiger partial charge in [-0.15, -0.1) is 0 Å². The predicted octanol–water partition coefficient (Wildman–Crippen LogP) is 2.80. The smallest absolute Gasteiger partial charge is 0.274 e. The quantitative estimate of drug-likeness (QED) is 0.681. The van der Waals surface area contributed by atoms with Crippen LogP contribution in [0.4, 0.5) is 4.39 Å². The van der Waals surface area contributed by atoms with Crippen LogP contribution >= 0.6 is 0 Å². The first-order valence-electron chi connectivity index (χ1n) is 5.72. The maximum absolute atomic E-state index is 12.7. The van der Waals surface area contributed by atoms with Crippen LogP contribution in [0.15, 0.2) is 39.9 Å². The first-order chi connectivity index (χ1) is 9.06. The first-order valence-corrected chi connectivity index (χ1v) is 5.72. The lowest BCUT2D eigenvalue weighted by molar-refractivity contribution is 0.0953. The highest BCUT2D eigenvalue weighted by molar-refractivity contribution is 5.95. The van der Waals surface area contributed by atoms with Crippen molar-refractivity contribution < 1.29 is 13.6 Å². The van der Waals surface area contributed by atoms with E-state index in [1.807, 2.05) is 0 Å². The molecule has 19 heavy (non-hydrogen) atoms. The first kappa shape index (κ1) is 13.0. The van der Waals surface area contributed by atoms with Gasteiger partial charge in [-0.25, -0.2) is 9.82 Å². The molecule has 0 radical (unpaired) electrons. The van der Waals surface area contributed by atoms with Crippen molar-refractivity contribution in [1.82, 2.24) is 5.43 Å². The number of carbonyl (C=O) groups is 1. The summed E-state index contributed by atoms with van der Waals surface area (Å²) in [5, 5.41) is 3.81. The van der Waals surface area contributed by atoms with Crippen LogP contribution in [0.25, 0.3) is 0 Å². The van der Waals surface area contributed by atoms with Gasteiger partial charge >= 0.3 is 0 Å². The Morgan fingerprint density at radius 2 is 2.00 bits per heavy atom. The summed E-state index contributed by atoms with van der Waals surface area (Å²) < 4.78 is 17.9. The maximum Gasteiger partial charge on any atom is 0.274 e. The largest absolute Gasteiger partial charge is 0.466 e. The fraction of sp³-hybridized carbons (Fsp3) is 0.143. The summed E-state index contributed by atoms with van der Waals surface area (Å²) in [5.74, 6) is 0.565. The summed E-state index contributed by atoms with van der Waals surface area (Å²) in [6.45, 7) is 3.48. The number of aryl methyl sites for hydroxylation is 2. The molecule has 1 amide bonds. The Balaban J connectivity index is 2.00. The third-order valence-electron chi connectivity index (χ3n) is 2.54. The molecule has 2 rings (SSSR count). The number of nitrogens with one attached hydrogen (secondary N) is 1. The summed E-state index contributed by atoms with van der Waals surface area (Å²) >= 11 is 0. The average Bonchev–Trinajstić information content (AvgIpc) is 2.71. The summed E-state index contributed by atoms with van der Waals surface area (Å²) in [6.07, 6.45) is 1.44. The molecule has 0 aliphatic carbocycles. The molecular formula is C14H13FN2O2. The van der Waals surface area contributed by atoms with Crippen LogP contribution in [-0.2, 0) is 0 Å². The molecule has 1 N–H and O–H groups in total. The van der Waals surface area contributed by atoms with Gasteiger partial charge in [0.1, 0.15) is 17.3 Å². The molecule has 0 aliphatic rings. The van der Waals surface area contributed by atoms with Crippen LogP contribution < -0.4 is 5.43 Å². The van der Waals surface area contributed by atoms with E-state index in [0.717, 1.165) is 0 Å². The van der Waals surface area contributed by atoms with E-state index in [9.17, 15) is 9.18 Å². The van der Waals surface area contributed by atoms with Gasteiger partial charge < -0.3 is 4.42 Å². The molecule has 1 aromatic heterocycles. The highest BCUT2D eigenvalue weighted by Gasteiger charge is 2.12. The molecule has 4 nitrogen and oxygen atoms in total. The van der Waals surface area contributed by atoms with Crippen molar-refractivity contribution >= 4 is 12.1 Å². The molecule has 1 aromatic carbocycles. The zero-order valence-corrected chi connectivity index (χ0v) is 10.6. The van der Waals surface area contributed by atoms with E-state index in [0.29, 0.717) is 22.6 Å². The Labute approximate surface area is 109 Å². The van der Waals surface area contributed by atoms with E-state index in [1.54, 1.807) is 32.0 Å². The number of hydrogen-bond donors (Lipinski definition) is 1. The second kappa shape index (κ2) is 5.48. The van der Waals surface area contributed by atoms with Crippen LogP contribution in [-0.4, -0.2) is 12.1 Å². The number of furan rings is 1. The van der Waals surface area contributed by atoms with Crippen LogP contribution in [0.2, 0.25) is 0 Å². The van der Waals surface area contributed by atoms with Gasteiger partial charge in [-0.05, 0) is 37.6 Å². The molecule has 1 heterocycles. The van der Waals surface area contributed by atoms with Crippen LogP contribution in [0, 0.1) is 19.7 Å². The lowest BCUT2D eigenvalue weighted by Crippen LogP contribution is -2.17. The third-order valence-corrected chi connectivity index (χ3v) is 2.54. The molecule has 0 atom stereocenters. The van der Waals surface area contributed by atoms with Gasteiger partial charge in [-0.2, -0.15) is 5.10 Å². The number of nitrogens with zero attached hydrogens (tertiary/aromatic N) is 1. The molecule has 0 saturated carbocycles. The molecule has 0 saturated heterocycles. The minimum Gasteiger partial charge on any atom is -0.466 e. The minimum atomic E-state index is -0.340. The maximum atomic E-state index is 12.7. The summed E-state index contributed by atoms with van der Waals surface area (Å²) in [5.41, 5.74) is 3.54. The normalized spacial score (nSPS) is 10.9. The van der Waals surface area contributed by atoms with E-state index in [-0.39, 0.29) is 11.7 Å². The number of rotatable bonds is 3. The minimum absolute atomic E-state index is 0.314. The summed E-state index contributed by atoms with van der Waals surface area (Å²) in [7, 11) is 0. The summed E-state index contributed by atoms with van der Waals surface area (Å²) in [4.78, 5) is 11.8. The van der Waals surface area contributed by atoms with Crippen molar-refractivity contribution in [3.05, 3.63) is 58.8 Å². The number of hydrazone groups is 1. The lowest BCUT2D eigenvalue weighted by Gasteiger charge is -1.97. The summed E-state index contributed by atoms with van der Waals surface area (Å²) in [6, 6.07) is 7.44. The second-order valence-corrected chi connectivity index (χ2v) is 4.08. The number of benzene rings is 1. The number of carbonyl (C=O) groups excluding carboxylic acids is 1. The van der Waals surface area contributed by atoms with Gasteiger partial charge in [-0.3, -0.25) is 4.79 Å². The Morgan fingerprint density at radius 3 is 2.58 bits per heavy atom. The van der Waals surface area contributed by atoms with E-state index in [1.165, 1.54) is 18.3 Å². The molecule has 0 spiro atoms. The van der Waals surface area contributed by atoms with Crippen molar-refractivity contribution in [1.29, 1.82) is 0 Å². The van der Waals surface area contributed by atoms with E-state index >= 15 is 0 Å². The second-order valence-electron chi connectivity index (χ2n) is 4.08. The molecular weight excluding hydrogens is 247 g/mol. The van der Waals surface area contributed by atoms with Crippen LogP contribution in [0.5, 0.6) is 0 Å². The van der Waals surface area contributed by atoms with E-state index in [4.69, 9.17) is 4.42 Å². The molecule has 0 unspecified atom stereocenters. The average molecular weight is 260 g/mol. The number of amides is 1. The van der Waals surface area contributed by atoms with Gasteiger partial charge in [0.05, 0.1) is 11.8 Å². The topological polar surface area (TPSA) is 54.6 Å². The Morgan fingerprint density at radius 1 is 1.32 bits per heavy atom. The van der Waals surface area contributed by atoms with Crippen molar-refractivity contribution in [3.8, 4) is 0 Å². The van der Waals surface area contributed by atoms with E-state index in [2.05, 4.69) is 10.5 Å². The number of halogens is 1. The Kier molecular flexibility index (Phi) is 3.75. The fourth-order valence-corrected chi connectivity index (χ4v) is 1.63. The van der Waals surface area contributed by atoms with Crippen molar-refractivity contribution in [2.24, 2.45) is 5.10 Å². The van der Waals surface area contributed by atoms with Crippen molar-refractivity contribution in [3.63, 3.8) is 0 Å². The molecule has 5 heteroatoms. The highest BCUT2D eigenvalue weighted by Crippen LogP contribution is 2.13. The van der Waals surface area contributed by atoms with Gasteiger partial charge in [0.15, 0.2) is 0 Å². The molecule has 2 aromatic rings. The fourth-order valence-electron chi connectivity index (χ4n) is 1.63. The standard InChI is InChI=1S/C14H13FN2O2/c1-9-7-13(10(2)19-9)14(18)17-16-8-11-3-5-12(15)6-4-11/h3-8H,1-2H3,(H,17,18)/b16-8+. The lowest BCUT2D eigenvalue weighted by atomic mass is 10.2. The van der Waals surface area contributed by atoms with Crippen molar-refractivity contribution in [2.45, 2.75) is 13.8 Å². The third kappa shape index (κ3) is 3.28. The van der Waals surface area contributed by atoms with Crippen LogP contribution in [0.1, 0.15) is 27.4 Å². The molecule has 0 fully saturated rings.